The highest BCUT2D eigenvalue weighted by atomic mass is 32.2. The topological polar surface area (TPSA) is 107 Å². The summed E-state index contributed by atoms with van der Waals surface area (Å²) < 4.78 is 4.93. The van der Waals surface area contributed by atoms with Crippen LogP contribution in [0.25, 0.3) is 0 Å². The number of aliphatic carboxylic acids is 1. The molecule has 2 N–H and O–H groups in total. The molecule has 1 unspecified atom stereocenters. The fourth-order valence-electron chi connectivity index (χ4n) is 0.711. The lowest BCUT2D eigenvalue weighted by atomic mass is 10.5. The minimum atomic E-state index is -1.66. The molecular formula is C7H6N2O4S. The first-order valence-corrected chi connectivity index (χ1v) is 4.37. The van der Waals surface area contributed by atoms with Crippen LogP contribution in [0.5, 0.6) is 0 Å². The maximum atomic E-state index is 10.3. The van der Waals surface area contributed by atoms with Crippen molar-refractivity contribution in [3.8, 4) is 6.07 Å². The molecule has 0 amide bonds. The van der Waals surface area contributed by atoms with Gasteiger partial charge in [-0.25, -0.2) is 9.78 Å². The Balaban J connectivity index is 2.86. The fraction of sp³-hybridized carbons (Fsp3) is 0.286. The van der Waals surface area contributed by atoms with Crippen LogP contribution in [-0.4, -0.2) is 26.6 Å². The first-order valence-electron chi connectivity index (χ1n) is 3.49. The molecule has 0 aliphatic carbocycles. The summed E-state index contributed by atoms with van der Waals surface area (Å²) in [7, 11) is 0. The third kappa shape index (κ3) is 2.25. The second-order valence-electron chi connectivity index (χ2n) is 2.29. The number of rotatable bonds is 3. The van der Waals surface area contributed by atoms with Gasteiger partial charge in [-0.2, -0.15) is 5.26 Å². The molecule has 0 saturated carbocycles. The summed E-state index contributed by atoms with van der Waals surface area (Å²) in [6, 6.07) is 1.73. The van der Waals surface area contributed by atoms with E-state index in [1.807, 2.05) is 0 Å². The number of carboxylic acids is 1. The van der Waals surface area contributed by atoms with Crippen molar-refractivity contribution in [1.82, 2.24) is 4.98 Å². The minimum absolute atomic E-state index is 0.0138. The number of aryl methyl sites for hydroxylation is 1. The molecule has 0 radical (unpaired) electrons. The zero-order valence-corrected chi connectivity index (χ0v) is 7.91. The number of nitriles is 1. The lowest BCUT2D eigenvalue weighted by molar-refractivity contribution is -0.141. The normalized spacial score (nSPS) is 12.1. The van der Waals surface area contributed by atoms with Crippen LogP contribution in [0, 0.1) is 18.3 Å². The number of nitrogens with zero attached hydrogens (tertiary/aromatic N) is 2. The van der Waals surface area contributed by atoms with E-state index in [0.717, 1.165) is 0 Å². The second-order valence-corrected chi connectivity index (χ2v) is 3.34. The number of aliphatic hydroxyl groups is 1. The first kappa shape index (κ1) is 10.6. The van der Waals surface area contributed by atoms with Crippen LogP contribution in [0.1, 0.15) is 11.6 Å². The molecule has 14 heavy (non-hydrogen) atoms. The molecule has 0 bridgehead atoms. The Kier molecular flexibility index (Phi) is 3.11. The summed E-state index contributed by atoms with van der Waals surface area (Å²) in [4.78, 5) is 14.0. The van der Waals surface area contributed by atoms with Gasteiger partial charge in [0.25, 0.3) is 0 Å². The molecule has 6 nitrogen and oxygen atoms in total. The van der Waals surface area contributed by atoms with Crippen LogP contribution in [0.2, 0.25) is 0 Å². The Morgan fingerprint density at radius 2 is 2.43 bits per heavy atom. The highest BCUT2D eigenvalue weighted by Crippen LogP contribution is 2.26. The molecule has 0 spiro atoms. The summed E-state index contributed by atoms with van der Waals surface area (Å²) >= 11 is 0.528. The molecule has 1 heterocycles. The van der Waals surface area contributed by atoms with Gasteiger partial charge in [-0.1, -0.05) is 0 Å². The van der Waals surface area contributed by atoms with Crippen molar-refractivity contribution < 1.29 is 19.4 Å². The van der Waals surface area contributed by atoms with Crippen molar-refractivity contribution in [2.24, 2.45) is 0 Å². The molecule has 1 atom stereocenters. The average molecular weight is 214 g/mol. The monoisotopic (exact) mass is 214 g/mol. The lowest BCUT2D eigenvalue weighted by Gasteiger charge is -2.00. The predicted octanol–water partition coefficient (Wildman–Crippen LogP) is 0.350. The predicted molar refractivity (Wildman–Crippen MR) is 45.5 cm³/mol. The van der Waals surface area contributed by atoms with E-state index in [0.29, 0.717) is 11.8 Å². The molecule has 7 heteroatoms. The summed E-state index contributed by atoms with van der Waals surface area (Å²) in [5, 5.41) is 26.0. The summed E-state index contributed by atoms with van der Waals surface area (Å²) in [6.07, 6.45) is 0. The number of aliphatic hydroxyl groups excluding tert-OH is 1. The molecule has 0 aromatic carbocycles. The number of thioether (sulfide) groups is 1. The van der Waals surface area contributed by atoms with Gasteiger partial charge in [0, 0.05) is 6.92 Å². The number of oxazole rings is 1. The standard InChI is InChI=1S/C7H6N2O4S/c1-3-9-4(2-8)7(13-3)14-6(12)5(10)11/h6,12H,1H3,(H,10,11). The number of hydrogen-bond acceptors (Lipinski definition) is 6. The van der Waals surface area contributed by atoms with E-state index in [1.54, 1.807) is 6.07 Å². The molecule has 1 aromatic rings. The molecule has 0 aliphatic heterocycles. The SMILES string of the molecule is Cc1nc(C#N)c(SC(O)C(=O)O)o1. The fourth-order valence-corrected chi connectivity index (χ4v) is 1.39. The van der Waals surface area contributed by atoms with Crippen LogP contribution in [0.15, 0.2) is 9.51 Å². The smallest absolute Gasteiger partial charge is 0.343 e. The quantitative estimate of drug-likeness (QED) is 0.552. The van der Waals surface area contributed by atoms with Gasteiger partial charge in [0.2, 0.25) is 10.5 Å². The van der Waals surface area contributed by atoms with Crippen molar-refractivity contribution in [3.05, 3.63) is 11.6 Å². The van der Waals surface area contributed by atoms with Crippen molar-refractivity contribution in [1.29, 1.82) is 5.26 Å². The van der Waals surface area contributed by atoms with Gasteiger partial charge < -0.3 is 14.6 Å². The van der Waals surface area contributed by atoms with E-state index in [4.69, 9.17) is 19.9 Å². The third-order valence-electron chi connectivity index (χ3n) is 1.24. The van der Waals surface area contributed by atoms with Crippen LogP contribution >= 0.6 is 11.8 Å². The summed E-state index contributed by atoms with van der Waals surface area (Å²) in [5.41, 5.74) is -1.68. The van der Waals surface area contributed by atoms with E-state index < -0.39 is 11.4 Å². The van der Waals surface area contributed by atoms with Gasteiger partial charge in [0.05, 0.1) is 0 Å². The second kappa shape index (κ2) is 4.13. The minimum Gasteiger partial charge on any atom is -0.479 e. The molecule has 1 aromatic heterocycles. The van der Waals surface area contributed by atoms with E-state index in [9.17, 15) is 4.79 Å². The van der Waals surface area contributed by atoms with Crippen LogP contribution < -0.4 is 0 Å². The van der Waals surface area contributed by atoms with Crippen molar-refractivity contribution >= 4 is 17.7 Å². The zero-order valence-electron chi connectivity index (χ0n) is 7.09. The van der Waals surface area contributed by atoms with Gasteiger partial charge in [-0.05, 0) is 11.8 Å². The Morgan fingerprint density at radius 3 is 2.93 bits per heavy atom. The van der Waals surface area contributed by atoms with Gasteiger partial charge >= 0.3 is 5.97 Å². The highest BCUT2D eigenvalue weighted by Gasteiger charge is 2.20. The van der Waals surface area contributed by atoms with Gasteiger partial charge in [0.1, 0.15) is 6.07 Å². The van der Waals surface area contributed by atoms with Crippen molar-refractivity contribution in [3.63, 3.8) is 0 Å². The van der Waals surface area contributed by atoms with E-state index in [-0.39, 0.29) is 16.7 Å². The summed E-state index contributed by atoms with van der Waals surface area (Å²) in [6.45, 7) is 1.53. The van der Waals surface area contributed by atoms with Crippen LogP contribution in [0.3, 0.4) is 0 Å². The molecular weight excluding hydrogens is 208 g/mol. The van der Waals surface area contributed by atoms with Crippen LogP contribution in [0.4, 0.5) is 0 Å². The third-order valence-corrected chi connectivity index (χ3v) is 2.15. The molecule has 0 saturated heterocycles. The number of hydrogen-bond donors (Lipinski definition) is 2. The number of carbonyl (C=O) groups is 1. The molecule has 74 valence electrons. The highest BCUT2D eigenvalue weighted by molar-refractivity contribution is 8.00. The Labute approximate surface area is 83.2 Å². The van der Waals surface area contributed by atoms with Gasteiger partial charge in [-0.3, -0.25) is 0 Å². The van der Waals surface area contributed by atoms with Crippen molar-refractivity contribution in [2.45, 2.75) is 17.5 Å². The zero-order chi connectivity index (χ0) is 10.7. The largest absolute Gasteiger partial charge is 0.479 e. The van der Waals surface area contributed by atoms with E-state index in [2.05, 4.69) is 4.98 Å². The van der Waals surface area contributed by atoms with Crippen molar-refractivity contribution in [2.75, 3.05) is 0 Å². The van der Waals surface area contributed by atoms with E-state index in [1.165, 1.54) is 6.92 Å². The van der Waals surface area contributed by atoms with Crippen LogP contribution in [-0.2, 0) is 4.79 Å². The average Bonchev–Trinajstić information content (AvgIpc) is 2.45. The Bertz CT molecular complexity index is 395. The van der Waals surface area contributed by atoms with E-state index >= 15 is 0 Å². The number of aromatic nitrogens is 1. The Hall–Kier alpha value is -1.52. The first-order chi connectivity index (χ1) is 6.54. The van der Waals surface area contributed by atoms with Gasteiger partial charge in [-0.15, -0.1) is 0 Å². The molecule has 0 aliphatic rings. The maximum absolute atomic E-state index is 10.3. The number of carboxylic acid groups (broad SMARTS) is 1. The van der Waals surface area contributed by atoms with Gasteiger partial charge in [0.15, 0.2) is 11.6 Å². The Morgan fingerprint density at radius 1 is 1.79 bits per heavy atom. The summed E-state index contributed by atoms with van der Waals surface area (Å²) in [5.74, 6) is -1.14. The molecule has 0 fully saturated rings. The maximum Gasteiger partial charge on any atom is 0.343 e. The molecule has 1 rings (SSSR count). The lowest BCUT2D eigenvalue weighted by Crippen LogP contribution is -2.14.